The molecule has 5 saturated carbocycles. The fourth-order valence-corrected chi connectivity index (χ4v) is 20.5. The first kappa shape index (κ1) is 74.1. The molecule has 12 fully saturated rings. The molecule has 0 amide bonds. The van der Waals surface area contributed by atoms with Gasteiger partial charge in [0.1, 0.15) is 140 Å². The highest BCUT2D eigenvalue weighted by Crippen LogP contribution is 2.82. The van der Waals surface area contributed by atoms with Gasteiger partial charge >= 0.3 is 0 Å². The van der Waals surface area contributed by atoms with Gasteiger partial charge in [0.05, 0.1) is 63.0 Å². The van der Waals surface area contributed by atoms with E-state index in [4.69, 9.17) is 61.6 Å². The van der Waals surface area contributed by atoms with Crippen LogP contribution in [0.25, 0.3) is 0 Å². The molecule has 0 radical (unpaired) electrons. The fraction of sp³-hybridized carbons (Fsp3) is 0.969. The Morgan fingerprint density at radius 1 is 0.417 bits per heavy atom. The van der Waals surface area contributed by atoms with E-state index in [-0.39, 0.29) is 34.0 Å². The lowest BCUT2D eigenvalue weighted by Crippen LogP contribution is -2.74. The Hall–Kier alpha value is -1.66. The van der Waals surface area contributed by atoms with Crippen LogP contribution in [0.4, 0.5) is 0 Å². The smallest absolute Gasteiger partial charge is 0.187 e. The number of aliphatic hydroxyl groups excluding tert-OH is 18. The molecule has 12 rings (SSSR count). The lowest BCUT2D eigenvalue weighted by molar-refractivity contribution is -0.408. The van der Waals surface area contributed by atoms with Crippen LogP contribution < -0.4 is 0 Å². The Morgan fingerprint density at radius 2 is 0.927 bits per heavy atom. The van der Waals surface area contributed by atoms with Crippen molar-refractivity contribution in [2.24, 2.45) is 50.2 Å². The number of aliphatic hydroxyl groups is 18. The maximum Gasteiger partial charge on any atom is 0.187 e. The number of rotatable bonds is 16. The van der Waals surface area contributed by atoms with Crippen LogP contribution in [0.1, 0.15) is 113 Å². The number of ether oxygens (including phenoxy) is 13. The van der Waals surface area contributed by atoms with E-state index in [1.165, 1.54) is 0 Å². The van der Waals surface area contributed by atoms with E-state index in [9.17, 15) is 91.9 Å². The van der Waals surface area contributed by atoms with Crippen molar-refractivity contribution in [1.29, 1.82) is 0 Å². The molecule has 5 aliphatic carbocycles. The summed E-state index contributed by atoms with van der Waals surface area (Å²) >= 11 is 0. The van der Waals surface area contributed by atoms with Gasteiger partial charge in [-0.25, -0.2) is 0 Å². The highest BCUT2D eigenvalue weighted by Gasteiger charge is 2.82. The molecule has 38 atom stereocenters. The van der Waals surface area contributed by atoms with E-state index in [1.54, 1.807) is 0 Å². The van der Waals surface area contributed by atoms with Crippen molar-refractivity contribution in [1.82, 2.24) is 0 Å². The molecule has 18 N–H and O–H groups in total. The van der Waals surface area contributed by atoms with E-state index in [0.717, 1.165) is 50.7 Å². The standard InChI is InChI=1S/C65H106O31/c1-25-64-16-15-59(2,3)17-34(64)65(96-25)14-10-33-61(6)12-11-36(60(4,5)32(61)9-13-62(33,7)63(65,8)18-35(64)71)91-57-51(94-55-47(82)44(79)39(74)28(20-67)87-55)42(77)31(24-85-57)90-58-52(95-53-45(80)37(72)26(70)23-84-53)50(41(76)30(22-69)89-58)93-56-48(83)49(40(75)29(21-68)88-56)92-54-46(81)43(78)38(73)27(19-66)86-54/h26-58,66-83H,1,9-24H2,2-8H3/t26-,27-,28-,29-,30-,31+,32+,33-,34-,35-,36+,37+,38-,39-,40-,41-,42+,43+,44+,45-,46-,47-,48-,49+,50+,51-,52-,53+,54+,55+,56+,57+,58+,61+,62-,63+,64-,65+/m1/s1. The second-order valence-corrected chi connectivity index (χ2v) is 31.9. The largest absolute Gasteiger partial charge is 0.491 e. The van der Waals surface area contributed by atoms with Crippen molar-refractivity contribution >= 4 is 0 Å². The molecule has 0 unspecified atom stereocenters. The van der Waals surface area contributed by atoms with Gasteiger partial charge in [-0.15, -0.1) is 0 Å². The van der Waals surface area contributed by atoms with E-state index >= 15 is 0 Å². The molecule has 7 aliphatic heterocycles. The maximum absolute atomic E-state index is 12.8. The summed E-state index contributed by atoms with van der Waals surface area (Å²) in [6.45, 7) is 15.7. The van der Waals surface area contributed by atoms with Crippen molar-refractivity contribution in [3.63, 3.8) is 0 Å². The van der Waals surface area contributed by atoms with Crippen LogP contribution in [0.5, 0.6) is 0 Å². The molecule has 0 aromatic carbocycles. The SMILES string of the molecule is C=C1O[C@]23CC[C@@H]4[C@@]5(C)CC[C@H](O[C@@H]6OC[C@H](O[C@@H]7O[C@H](CO)[C@@H](O)[C@H](O[C@@H]8O[C@H](CO)[C@@H](O)[C@H](O[C@@H]9O[C@H](CO)[C@@H](O)[C@H](O)[C@H]9O)[C@H]8O)[C@H]7O[C@@H]7OC[C@@H](O)[C@H](O)[C@H]7O)[C@H](O)[C@H]6O[C@@H]6O[C@H](CO)[C@@H](O)[C@H](O)[C@H]6O)C(C)(C)[C@@H]5CC[C@@]4(C)[C@]2(C)C[C@@H](O)[C@]12CCC(C)(C)C[C@H]23. The average Bonchev–Trinajstić information content (AvgIpc) is 1.37. The monoisotopic (exact) mass is 1380 g/mol. The lowest BCUT2D eigenvalue weighted by atomic mass is 9.30. The minimum absolute atomic E-state index is 0.0524. The average molecular weight is 1380 g/mol. The predicted octanol–water partition coefficient (Wildman–Crippen LogP) is -4.91. The maximum atomic E-state index is 12.8. The molecule has 31 nitrogen and oxygen atoms in total. The van der Waals surface area contributed by atoms with Gasteiger partial charge in [0.15, 0.2) is 37.7 Å². The molecule has 96 heavy (non-hydrogen) atoms. The summed E-state index contributed by atoms with van der Waals surface area (Å²) in [5.74, 6) is 1.12. The third kappa shape index (κ3) is 11.7. The third-order valence-corrected chi connectivity index (χ3v) is 26.1. The zero-order chi connectivity index (χ0) is 69.6. The minimum Gasteiger partial charge on any atom is -0.491 e. The van der Waals surface area contributed by atoms with Crippen molar-refractivity contribution in [2.45, 2.75) is 303 Å². The van der Waals surface area contributed by atoms with Gasteiger partial charge in [-0.2, -0.15) is 0 Å². The molecule has 7 saturated heterocycles. The van der Waals surface area contributed by atoms with Gasteiger partial charge < -0.3 is 153 Å². The quantitative estimate of drug-likeness (QED) is 0.0644. The molecule has 1 spiro atoms. The normalized spacial score (nSPS) is 56.2. The van der Waals surface area contributed by atoms with Crippen LogP contribution in [-0.2, 0) is 61.6 Å². The van der Waals surface area contributed by atoms with Gasteiger partial charge in [-0.05, 0) is 97.7 Å². The van der Waals surface area contributed by atoms with Crippen LogP contribution >= 0.6 is 0 Å². The Kier molecular flexibility index (Phi) is 20.9. The fourth-order valence-electron chi connectivity index (χ4n) is 20.5. The van der Waals surface area contributed by atoms with E-state index < -0.39 is 246 Å². The molecule has 31 heteroatoms. The molecule has 2 bridgehead atoms. The topological polar surface area (TPSA) is 484 Å². The van der Waals surface area contributed by atoms with E-state index in [0.29, 0.717) is 19.3 Å². The van der Waals surface area contributed by atoms with Crippen LogP contribution in [0.3, 0.4) is 0 Å². The number of hydrogen-bond donors (Lipinski definition) is 18. The van der Waals surface area contributed by atoms with Gasteiger partial charge in [0.25, 0.3) is 0 Å². The van der Waals surface area contributed by atoms with Crippen LogP contribution in [0.15, 0.2) is 12.3 Å². The Balaban J connectivity index is 0.821. The summed E-state index contributed by atoms with van der Waals surface area (Å²) in [5.41, 5.74) is -2.44. The summed E-state index contributed by atoms with van der Waals surface area (Å²) in [4.78, 5) is 0. The lowest BCUT2D eigenvalue weighted by Gasteiger charge is -2.74. The van der Waals surface area contributed by atoms with Crippen molar-refractivity contribution in [3.05, 3.63) is 12.3 Å². The van der Waals surface area contributed by atoms with Crippen LogP contribution in [-0.4, -0.2) is 321 Å². The summed E-state index contributed by atoms with van der Waals surface area (Å²) in [6.07, 6.45) is -45.9. The van der Waals surface area contributed by atoms with E-state index in [2.05, 4.69) is 55.0 Å². The summed E-state index contributed by atoms with van der Waals surface area (Å²) in [7, 11) is 0. The van der Waals surface area contributed by atoms with E-state index in [1.807, 2.05) is 0 Å². The molecular formula is C65H106O31. The molecular weight excluding hydrogens is 1280 g/mol. The number of fused-ring (bicyclic) bond motifs is 4. The Labute approximate surface area is 556 Å². The summed E-state index contributed by atoms with van der Waals surface area (Å²) in [5, 5.41) is 200. The van der Waals surface area contributed by atoms with Crippen LogP contribution in [0, 0.1) is 50.2 Å². The first-order chi connectivity index (χ1) is 45.1. The molecule has 0 aromatic heterocycles. The van der Waals surface area contributed by atoms with Crippen molar-refractivity contribution in [2.75, 3.05) is 39.6 Å². The molecule has 0 aromatic rings. The second-order valence-electron chi connectivity index (χ2n) is 31.9. The van der Waals surface area contributed by atoms with Gasteiger partial charge in [0, 0.05) is 11.3 Å². The van der Waals surface area contributed by atoms with Gasteiger partial charge in [-0.1, -0.05) is 55.0 Å². The number of hydrogen-bond acceptors (Lipinski definition) is 31. The van der Waals surface area contributed by atoms with Crippen LogP contribution in [0.2, 0.25) is 0 Å². The first-order valence-electron chi connectivity index (χ1n) is 34.3. The Bertz CT molecular complexity index is 2700. The minimum atomic E-state index is -2.21. The highest BCUT2D eigenvalue weighted by atomic mass is 16.8. The third-order valence-electron chi connectivity index (χ3n) is 26.1. The zero-order valence-corrected chi connectivity index (χ0v) is 55.4. The Morgan fingerprint density at radius 3 is 1.53 bits per heavy atom. The van der Waals surface area contributed by atoms with Gasteiger partial charge in [-0.3, -0.25) is 0 Å². The molecule has 12 aliphatic rings. The summed E-state index contributed by atoms with van der Waals surface area (Å²) in [6, 6.07) is 0. The molecule has 7 heterocycles. The first-order valence-corrected chi connectivity index (χ1v) is 34.3. The highest BCUT2D eigenvalue weighted by molar-refractivity contribution is 5.34. The van der Waals surface area contributed by atoms with Crippen molar-refractivity contribution in [3.8, 4) is 0 Å². The van der Waals surface area contributed by atoms with Crippen molar-refractivity contribution < 1.29 is 153 Å². The summed E-state index contributed by atoms with van der Waals surface area (Å²) < 4.78 is 80.9. The van der Waals surface area contributed by atoms with Gasteiger partial charge in [0.2, 0.25) is 0 Å². The molecule has 552 valence electrons. The predicted molar refractivity (Wildman–Crippen MR) is 320 cm³/mol. The second kappa shape index (κ2) is 27.1. The zero-order valence-electron chi connectivity index (χ0n) is 55.4.